The third-order valence-electron chi connectivity index (χ3n) is 1.71. The molecule has 5 nitrogen and oxygen atoms in total. The third kappa shape index (κ3) is 4.23. The molecule has 0 aromatic rings. The fourth-order valence-corrected chi connectivity index (χ4v) is 1.07. The van der Waals surface area contributed by atoms with Crippen LogP contribution in [0.1, 0.15) is 13.3 Å². The molecule has 0 bridgehead atoms. The first kappa shape index (κ1) is 11.0. The number of ether oxygens (including phenoxy) is 2. The van der Waals surface area contributed by atoms with Crippen LogP contribution in [0.2, 0.25) is 0 Å². The van der Waals surface area contributed by atoms with E-state index in [1.165, 1.54) is 0 Å². The van der Waals surface area contributed by atoms with E-state index >= 15 is 0 Å². The molecule has 5 heteroatoms. The van der Waals surface area contributed by atoms with E-state index in [1.54, 1.807) is 0 Å². The highest BCUT2D eigenvalue weighted by Gasteiger charge is 2.04. The summed E-state index contributed by atoms with van der Waals surface area (Å²) in [6.07, 6.45) is 0.569. The summed E-state index contributed by atoms with van der Waals surface area (Å²) in [5.41, 5.74) is 0. The second kappa shape index (κ2) is 6.37. The molecule has 0 fully saturated rings. The minimum absolute atomic E-state index is 0.138. The molecule has 14 heavy (non-hydrogen) atoms. The quantitative estimate of drug-likeness (QED) is 0.694. The lowest BCUT2D eigenvalue weighted by molar-refractivity contribution is 0.282. The van der Waals surface area contributed by atoms with E-state index in [9.17, 15) is 0 Å². The molecule has 2 aliphatic heterocycles. The fourth-order valence-electron chi connectivity index (χ4n) is 1.07. The third-order valence-corrected chi connectivity index (χ3v) is 1.71. The summed E-state index contributed by atoms with van der Waals surface area (Å²) in [6.45, 7) is 5.09. The van der Waals surface area contributed by atoms with Gasteiger partial charge in [0.1, 0.15) is 13.2 Å². The van der Waals surface area contributed by atoms with Gasteiger partial charge in [-0.2, -0.15) is 0 Å². The van der Waals surface area contributed by atoms with Crippen LogP contribution in [0, 0.1) is 0 Å². The molecule has 2 rings (SSSR count). The largest absolute Gasteiger partial charge is 0.479 e. The smallest absolute Gasteiger partial charge is 0.185 e. The Kier molecular flexibility index (Phi) is 4.99. The molecule has 0 atom stereocenters. The number of hydrogen-bond acceptors (Lipinski definition) is 5. The molecule has 1 N–H and O–H groups in total. The lowest BCUT2D eigenvalue weighted by Crippen LogP contribution is -2.00. The number of nitrogens with zero attached hydrogens (tertiary/aromatic N) is 2. The summed E-state index contributed by atoms with van der Waals surface area (Å²) < 4.78 is 9.89. The normalized spacial score (nSPS) is 18.7. The lowest BCUT2D eigenvalue weighted by Gasteiger charge is -1.94. The van der Waals surface area contributed by atoms with Crippen LogP contribution in [-0.2, 0) is 9.47 Å². The predicted molar refractivity (Wildman–Crippen MR) is 53.9 cm³/mol. The van der Waals surface area contributed by atoms with Crippen LogP contribution in [0.3, 0.4) is 0 Å². The molecule has 2 aliphatic rings. The molecule has 0 saturated carbocycles. The van der Waals surface area contributed by atoms with Crippen molar-refractivity contribution in [2.24, 2.45) is 9.98 Å². The highest BCUT2D eigenvalue weighted by molar-refractivity contribution is 5.77. The molecule has 0 aromatic heterocycles. The molecular weight excluding hydrogens is 184 g/mol. The summed E-state index contributed by atoms with van der Waals surface area (Å²) in [6, 6.07) is 0. The van der Waals surface area contributed by atoms with Crippen molar-refractivity contribution < 1.29 is 14.6 Å². The van der Waals surface area contributed by atoms with Crippen molar-refractivity contribution in [3.8, 4) is 0 Å². The maximum atomic E-state index is 8.37. The van der Waals surface area contributed by atoms with E-state index in [0.717, 1.165) is 25.6 Å². The maximum absolute atomic E-state index is 8.37. The predicted octanol–water partition coefficient (Wildman–Crippen LogP) is 0.232. The first-order valence-electron chi connectivity index (χ1n) is 4.74. The van der Waals surface area contributed by atoms with Gasteiger partial charge in [-0.25, -0.2) is 0 Å². The highest BCUT2D eigenvalue weighted by atomic mass is 16.5. The first-order valence-corrected chi connectivity index (χ1v) is 4.74. The van der Waals surface area contributed by atoms with Gasteiger partial charge in [0.25, 0.3) is 0 Å². The second-order valence-electron chi connectivity index (χ2n) is 2.85. The van der Waals surface area contributed by atoms with Crippen LogP contribution < -0.4 is 0 Å². The van der Waals surface area contributed by atoms with Crippen molar-refractivity contribution >= 4 is 11.8 Å². The van der Waals surface area contributed by atoms with Gasteiger partial charge in [0, 0.05) is 13.3 Å². The Bertz CT molecular complexity index is 226. The Hall–Kier alpha value is -1.10. The van der Waals surface area contributed by atoms with Crippen LogP contribution in [0.15, 0.2) is 9.98 Å². The van der Waals surface area contributed by atoms with Crippen molar-refractivity contribution in [2.75, 3.05) is 32.9 Å². The molecule has 0 unspecified atom stereocenters. The van der Waals surface area contributed by atoms with E-state index < -0.39 is 0 Å². The van der Waals surface area contributed by atoms with Gasteiger partial charge in [0.2, 0.25) is 0 Å². The number of hydrogen-bond donors (Lipinski definition) is 1. The second-order valence-corrected chi connectivity index (χ2v) is 2.85. The number of aliphatic hydroxyl groups is 1. The van der Waals surface area contributed by atoms with Crippen molar-refractivity contribution in [3.05, 3.63) is 0 Å². The Balaban J connectivity index is 0.000000146. The maximum Gasteiger partial charge on any atom is 0.185 e. The van der Waals surface area contributed by atoms with Crippen LogP contribution in [-0.4, -0.2) is 49.8 Å². The van der Waals surface area contributed by atoms with E-state index in [1.807, 2.05) is 6.92 Å². The zero-order valence-electron chi connectivity index (χ0n) is 8.40. The lowest BCUT2D eigenvalue weighted by atomic mass is 10.5. The summed E-state index contributed by atoms with van der Waals surface area (Å²) in [5.74, 6) is 1.53. The van der Waals surface area contributed by atoms with Crippen molar-refractivity contribution in [2.45, 2.75) is 13.3 Å². The van der Waals surface area contributed by atoms with E-state index in [2.05, 4.69) is 9.98 Å². The van der Waals surface area contributed by atoms with Crippen molar-refractivity contribution in [1.82, 2.24) is 0 Å². The topological polar surface area (TPSA) is 63.4 Å². The van der Waals surface area contributed by atoms with Crippen molar-refractivity contribution in [1.29, 1.82) is 0 Å². The molecular formula is C9H16N2O3. The molecule has 2 heterocycles. The highest BCUT2D eigenvalue weighted by Crippen LogP contribution is 1.96. The zero-order chi connectivity index (χ0) is 10.2. The van der Waals surface area contributed by atoms with E-state index in [-0.39, 0.29) is 6.61 Å². The molecule has 0 saturated heterocycles. The van der Waals surface area contributed by atoms with E-state index in [0.29, 0.717) is 18.9 Å². The first-order chi connectivity index (χ1) is 6.83. The number of aliphatic imine (C=N–C) groups is 2. The van der Waals surface area contributed by atoms with Crippen LogP contribution in [0.5, 0.6) is 0 Å². The van der Waals surface area contributed by atoms with Gasteiger partial charge < -0.3 is 14.6 Å². The summed E-state index contributed by atoms with van der Waals surface area (Å²) in [7, 11) is 0. The SMILES string of the molecule is CC1=NCCO1.OCCC1=NCCO1. The Morgan fingerprint density at radius 1 is 1.21 bits per heavy atom. The Labute approximate surface area is 83.5 Å². The average Bonchev–Trinajstić information content (AvgIpc) is 2.79. The average molecular weight is 200 g/mol. The van der Waals surface area contributed by atoms with E-state index in [4.69, 9.17) is 14.6 Å². The molecule has 0 radical (unpaired) electrons. The van der Waals surface area contributed by atoms with Gasteiger partial charge in [0.15, 0.2) is 11.8 Å². The molecule has 0 amide bonds. The molecule has 80 valence electrons. The monoisotopic (exact) mass is 200 g/mol. The number of rotatable bonds is 2. The molecule has 0 aliphatic carbocycles. The zero-order valence-corrected chi connectivity index (χ0v) is 8.40. The van der Waals surface area contributed by atoms with Crippen LogP contribution in [0.25, 0.3) is 0 Å². The van der Waals surface area contributed by atoms with Gasteiger partial charge >= 0.3 is 0 Å². The Morgan fingerprint density at radius 2 is 1.93 bits per heavy atom. The summed E-state index contributed by atoms with van der Waals surface area (Å²) >= 11 is 0. The van der Waals surface area contributed by atoms with Crippen molar-refractivity contribution in [3.63, 3.8) is 0 Å². The summed E-state index contributed by atoms with van der Waals surface area (Å²) in [4.78, 5) is 7.89. The standard InChI is InChI=1S/C5H9NO2.C4H7NO/c7-3-1-5-6-2-4-8-5;1-4-5-2-3-6-4/h7H,1-4H2;2-3H2,1H3. The fraction of sp³-hybridized carbons (Fsp3) is 0.778. The van der Waals surface area contributed by atoms with Gasteiger partial charge in [0.05, 0.1) is 19.7 Å². The minimum atomic E-state index is 0.138. The Morgan fingerprint density at radius 3 is 2.29 bits per heavy atom. The number of aliphatic hydroxyl groups excluding tert-OH is 1. The van der Waals surface area contributed by atoms with Gasteiger partial charge in [-0.3, -0.25) is 9.98 Å². The molecule has 0 spiro atoms. The van der Waals surface area contributed by atoms with Crippen LogP contribution in [0.4, 0.5) is 0 Å². The van der Waals surface area contributed by atoms with Gasteiger partial charge in [-0.05, 0) is 0 Å². The molecule has 0 aromatic carbocycles. The van der Waals surface area contributed by atoms with Gasteiger partial charge in [-0.1, -0.05) is 0 Å². The van der Waals surface area contributed by atoms with Gasteiger partial charge in [-0.15, -0.1) is 0 Å². The van der Waals surface area contributed by atoms with Crippen LogP contribution >= 0.6 is 0 Å². The minimum Gasteiger partial charge on any atom is -0.479 e. The summed E-state index contributed by atoms with van der Waals surface area (Å²) in [5, 5.41) is 8.37.